The number of benzene rings is 1. The Hall–Kier alpha value is -2.10. The van der Waals surface area contributed by atoms with Crippen LogP contribution in [0.5, 0.6) is 0 Å². The first kappa shape index (κ1) is 10.4. The molecular formula is C12H12N2O2. The van der Waals surface area contributed by atoms with Crippen LogP contribution in [0.1, 0.15) is 12.5 Å². The maximum atomic E-state index is 11.6. The molecule has 2 rings (SSSR count). The molecule has 0 amide bonds. The highest BCUT2D eigenvalue weighted by molar-refractivity contribution is 5.87. The van der Waals surface area contributed by atoms with Gasteiger partial charge < -0.3 is 9.82 Å². The molecule has 0 aliphatic rings. The van der Waals surface area contributed by atoms with Gasteiger partial charge in [-0.25, -0.2) is 0 Å². The number of aromatic nitrogens is 1. The quantitative estimate of drug-likeness (QED) is 0.629. The smallest absolute Gasteiger partial charge is 0.257 e. The van der Waals surface area contributed by atoms with Crippen LogP contribution in [0.4, 0.5) is 0 Å². The number of rotatable bonds is 3. The number of hydrogen-bond acceptors (Lipinski definition) is 3. The number of aromatic amines is 1. The van der Waals surface area contributed by atoms with Crippen molar-refractivity contribution in [2.45, 2.75) is 6.92 Å². The third-order valence-corrected chi connectivity index (χ3v) is 2.18. The molecule has 0 fully saturated rings. The van der Waals surface area contributed by atoms with Crippen LogP contribution in [0, 0.1) is 0 Å². The lowest BCUT2D eigenvalue weighted by Gasteiger charge is -1.98. The highest BCUT2D eigenvalue weighted by Crippen LogP contribution is 2.08. The zero-order chi connectivity index (χ0) is 11.4. The van der Waals surface area contributed by atoms with Crippen molar-refractivity contribution in [1.29, 1.82) is 0 Å². The number of hydrogen-bond donors (Lipinski definition) is 1. The number of nitrogens with one attached hydrogen (secondary N) is 1. The van der Waals surface area contributed by atoms with Crippen LogP contribution in [0.2, 0.25) is 0 Å². The molecule has 1 N–H and O–H groups in total. The second-order valence-corrected chi connectivity index (χ2v) is 3.29. The fourth-order valence-electron chi connectivity index (χ4n) is 1.43. The Morgan fingerprint density at radius 1 is 1.44 bits per heavy atom. The Morgan fingerprint density at radius 2 is 2.25 bits per heavy atom. The lowest BCUT2D eigenvalue weighted by molar-refractivity contribution is 0.160. The van der Waals surface area contributed by atoms with Gasteiger partial charge in [0.15, 0.2) is 0 Å². The van der Waals surface area contributed by atoms with Gasteiger partial charge in [0.05, 0.1) is 11.8 Å². The third-order valence-electron chi connectivity index (χ3n) is 2.18. The number of pyridine rings is 1. The molecule has 1 heterocycles. The van der Waals surface area contributed by atoms with Crippen molar-refractivity contribution >= 4 is 17.1 Å². The largest absolute Gasteiger partial charge is 0.396 e. The minimum atomic E-state index is -0.165. The molecule has 0 radical (unpaired) electrons. The van der Waals surface area contributed by atoms with Crippen LogP contribution >= 0.6 is 0 Å². The third kappa shape index (κ3) is 2.11. The summed E-state index contributed by atoms with van der Waals surface area (Å²) in [4.78, 5) is 19.2. The molecule has 82 valence electrons. The van der Waals surface area contributed by atoms with Gasteiger partial charge in [0.25, 0.3) is 5.56 Å². The molecule has 0 saturated carbocycles. The average Bonchev–Trinajstić information content (AvgIpc) is 2.30. The number of H-pyrrole nitrogens is 1. The van der Waals surface area contributed by atoms with E-state index in [1.807, 2.05) is 31.2 Å². The summed E-state index contributed by atoms with van der Waals surface area (Å²) in [5.41, 5.74) is 1.15. The van der Waals surface area contributed by atoms with Gasteiger partial charge in [-0.3, -0.25) is 4.79 Å². The van der Waals surface area contributed by atoms with E-state index in [1.165, 1.54) is 6.21 Å². The van der Waals surface area contributed by atoms with Crippen molar-refractivity contribution in [1.82, 2.24) is 4.98 Å². The van der Waals surface area contributed by atoms with Gasteiger partial charge in [-0.15, -0.1) is 0 Å². The van der Waals surface area contributed by atoms with E-state index in [0.717, 1.165) is 10.9 Å². The summed E-state index contributed by atoms with van der Waals surface area (Å²) in [5.74, 6) is 0. The van der Waals surface area contributed by atoms with E-state index < -0.39 is 0 Å². The second kappa shape index (κ2) is 4.61. The molecule has 0 saturated heterocycles. The SMILES string of the molecule is CCON=Cc1cc2ccccc2[nH]c1=O. The first-order chi connectivity index (χ1) is 7.81. The minimum Gasteiger partial charge on any atom is -0.396 e. The predicted octanol–water partition coefficient (Wildman–Crippen LogP) is 1.90. The Kier molecular flexibility index (Phi) is 3.00. The van der Waals surface area contributed by atoms with Gasteiger partial charge in [-0.2, -0.15) is 0 Å². The van der Waals surface area contributed by atoms with Crippen molar-refractivity contribution in [3.8, 4) is 0 Å². The van der Waals surface area contributed by atoms with E-state index in [4.69, 9.17) is 4.84 Å². The highest BCUT2D eigenvalue weighted by atomic mass is 16.6. The summed E-state index contributed by atoms with van der Waals surface area (Å²) >= 11 is 0. The van der Waals surface area contributed by atoms with E-state index in [1.54, 1.807) is 6.07 Å². The Bertz CT molecular complexity index is 572. The highest BCUT2D eigenvalue weighted by Gasteiger charge is 1.99. The normalized spacial score (nSPS) is 11.1. The number of oxime groups is 1. The number of para-hydroxylation sites is 1. The van der Waals surface area contributed by atoms with E-state index in [0.29, 0.717) is 12.2 Å². The zero-order valence-corrected chi connectivity index (χ0v) is 8.93. The standard InChI is InChI=1S/C12H12N2O2/c1-2-16-13-8-10-7-9-5-3-4-6-11(9)14-12(10)15/h3-8H,2H2,1H3,(H,14,15). The van der Waals surface area contributed by atoms with Crippen LogP contribution in [-0.4, -0.2) is 17.8 Å². The predicted molar refractivity (Wildman–Crippen MR) is 63.8 cm³/mol. The fourth-order valence-corrected chi connectivity index (χ4v) is 1.43. The first-order valence-electron chi connectivity index (χ1n) is 5.08. The lowest BCUT2D eigenvalue weighted by Crippen LogP contribution is -2.11. The topological polar surface area (TPSA) is 54.4 Å². The van der Waals surface area contributed by atoms with Gasteiger partial charge >= 0.3 is 0 Å². The lowest BCUT2D eigenvalue weighted by atomic mass is 10.2. The van der Waals surface area contributed by atoms with Crippen LogP contribution < -0.4 is 5.56 Å². The van der Waals surface area contributed by atoms with Gasteiger partial charge in [0, 0.05) is 5.52 Å². The van der Waals surface area contributed by atoms with Gasteiger partial charge in [0.2, 0.25) is 0 Å². The summed E-state index contributed by atoms with van der Waals surface area (Å²) in [6.45, 7) is 2.32. The fraction of sp³-hybridized carbons (Fsp3) is 0.167. The van der Waals surface area contributed by atoms with Gasteiger partial charge in [-0.05, 0) is 24.4 Å². The maximum absolute atomic E-state index is 11.6. The van der Waals surface area contributed by atoms with Crippen molar-refractivity contribution in [3.05, 3.63) is 46.2 Å². The monoisotopic (exact) mass is 216 g/mol. The van der Waals surface area contributed by atoms with Crippen LogP contribution in [-0.2, 0) is 4.84 Å². The number of nitrogens with zero attached hydrogens (tertiary/aromatic N) is 1. The average molecular weight is 216 g/mol. The molecule has 0 spiro atoms. The summed E-state index contributed by atoms with van der Waals surface area (Å²) < 4.78 is 0. The Labute approximate surface area is 92.6 Å². The molecule has 1 aromatic heterocycles. The van der Waals surface area contributed by atoms with E-state index >= 15 is 0 Å². The molecule has 0 aliphatic heterocycles. The molecule has 4 nitrogen and oxygen atoms in total. The molecule has 0 aliphatic carbocycles. The molecule has 1 aromatic carbocycles. The van der Waals surface area contributed by atoms with E-state index in [9.17, 15) is 4.79 Å². The molecular weight excluding hydrogens is 204 g/mol. The molecule has 0 bridgehead atoms. The molecule has 2 aromatic rings. The van der Waals surface area contributed by atoms with Crippen molar-refractivity contribution < 1.29 is 4.84 Å². The van der Waals surface area contributed by atoms with Crippen LogP contribution in [0.3, 0.4) is 0 Å². The van der Waals surface area contributed by atoms with Crippen molar-refractivity contribution in [2.24, 2.45) is 5.16 Å². The molecule has 16 heavy (non-hydrogen) atoms. The van der Waals surface area contributed by atoms with Crippen molar-refractivity contribution in [2.75, 3.05) is 6.61 Å². The maximum Gasteiger partial charge on any atom is 0.257 e. The van der Waals surface area contributed by atoms with Crippen LogP contribution in [0.25, 0.3) is 10.9 Å². The summed E-state index contributed by atoms with van der Waals surface area (Å²) in [6, 6.07) is 9.39. The second-order valence-electron chi connectivity index (χ2n) is 3.29. The summed E-state index contributed by atoms with van der Waals surface area (Å²) in [6.07, 6.45) is 1.43. The molecule has 0 unspecified atom stereocenters. The zero-order valence-electron chi connectivity index (χ0n) is 8.93. The Balaban J connectivity index is 2.46. The summed E-state index contributed by atoms with van der Waals surface area (Å²) in [5, 5.41) is 4.66. The first-order valence-corrected chi connectivity index (χ1v) is 5.08. The Morgan fingerprint density at radius 3 is 3.06 bits per heavy atom. The van der Waals surface area contributed by atoms with E-state index in [2.05, 4.69) is 10.1 Å². The summed E-state index contributed by atoms with van der Waals surface area (Å²) in [7, 11) is 0. The van der Waals surface area contributed by atoms with Gasteiger partial charge in [-0.1, -0.05) is 23.4 Å². The molecule has 4 heteroatoms. The van der Waals surface area contributed by atoms with Crippen LogP contribution in [0.15, 0.2) is 40.3 Å². The number of fused-ring (bicyclic) bond motifs is 1. The minimum absolute atomic E-state index is 0.165. The van der Waals surface area contributed by atoms with Crippen molar-refractivity contribution in [3.63, 3.8) is 0 Å². The van der Waals surface area contributed by atoms with Gasteiger partial charge in [0.1, 0.15) is 6.61 Å². The molecule has 0 atom stereocenters. The van der Waals surface area contributed by atoms with E-state index in [-0.39, 0.29) is 5.56 Å².